The topological polar surface area (TPSA) is 43.9 Å². The third-order valence-corrected chi connectivity index (χ3v) is 13.9. The van der Waals surface area contributed by atoms with E-state index in [9.17, 15) is 0 Å². The fraction of sp³-hybridized carbons (Fsp3) is 0.160. The van der Waals surface area contributed by atoms with Crippen LogP contribution in [0, 0.1) is 19.1 Å². The molecule has 0 aliphatic carbocycles. The molecule has 0 atom stereocenters. The fourth-order valence-corrected chi connectivity index (χ4v) is 10.5. The standard InChI is InChI=1S/C29H23N2O.C21H20NSSi.Ir/c1-29(2,3)19-15-17-20(18-16-19)31-25-13-6-5-12-24(25)30-28(31)23-11-8-10-22-21-9-4-7-14-26(21)32-27(22)23;1-14-11-18(22-13-21(14)24(2,3)4)15-9-10-20-17(12-15)16-7-5-6-8-19(16)23-20;/h4-10,12-18H,1-3H3;5-8,10-13H,1-4H3;/q2*-1;. The van der Waals surface area contributed by atoms with Crippen molar-refractivity contribution in [2.45, 2.75) is 52.8 Å². The number of aryl methyl sites for hydroxylation is 1. The van der Waals surface area contributed by atoms with Crippen LogP contribution in [0.1, 0.15) is 31.9 Å². The Morgan fingerprint density at radius 1 is 0.737 bits per heavy atom. The number of para-hydroxylation sites is 3. The molecule has 0 amide bonds. The summed E-state index contributed by atoms with van der Waals surface area (Å²) in [7, 11) is -1.34. The largest absolute Gasteiger partial charge is 0.501 e. The zero-order chi connectivity index (χ0) is 38.8. The minimum absolute atomic E-state index is 0. The zero-order valence-corrected chi connectivity index (χ0v) is 37.4. The van der Waals surface area contributed by atoms with Gasteiger partial charge >= 0.3 is 0 Å². The number of imidazole rings is 1. The summed E-state index contributed by atoms with van der Waals surface area (Å²) in [6.07, 6.45) is 2.08. The first-order valence-corrected chi connectivity index (χ1v) is 23.5. The number of nitrogens with zero attached hydrogens (tertiary/aromatic N) is 3. The van der Waals surface area contributed by atoms with Crippen molar-refractivity contribution in [2.24, 2.45) is 0 Å². The van der Waals surface area contributed by atoms with Gasteiger partial charge in [-0.2, -0.15) is 11.3 Å². The van der Waals surface area contributed by atoms with Gasteiger partial charge in [0.1, 0.15) is 5.58 Å². The third-order valence-electron chi connectivity index (χ3n) is 10.6. The molecule has 6 aromatic carbocycles. The van der Waals surface area contributed by atoms with Crippen molar-refractivity contribution in [3.05, 3.63) is 157 Å². The Hall–Kier alpha value is -5.17. The molecule has 10 aromatic rings. The van der Waals surface area contributed by atoms with E-state index in [4.69, 9.17) is 14.4 Å². The van der Waals surface area contributed by atoms with Crippen LogP contribution in [0.3, 0.4) is 0 Å². The van der Waals surface area contributed by atoms with Crippen molar-refractivity contribution in [1.29, 1.82) is 0 Å². The minimum Gasteiger partial charge on any atom is -0.501 e. The van der Waals surface area contributed by atoms with Gasteiger partial charge in [0.15, 0.2) is 0 Å². The summed E-state index contributed by atoms with van der Waals surface area (Å²) in [4.78, 5) is 9.78. The van der Waals surface area contributed by atoms with Crippen molar-refractivity contribution in [1.82, 2.24) is 14.5 Å². The van der Waals surface area contributed by atoms with Gasteiger partial charge in [-0.3, -0.25) is 4.98 Å². The van der Waals surface area contributed by atoms with Crippen LogP contribution in [-0.4, -0.2) is 22.6 Å². The molecule has 10 rings (SSSR count). The molecule has 0 fully saturated rings. The predicted octanol–water partition coefficient (Wildman–Crippen LogP) is 13.5. The Bertz CT molecular complexity index is 3070. The molecule has 0 saturated heterocycles. The fourth-order valence-electron chi connectivity index (χ4n) is 7.73. The number of fused-ring (bicyclic) bond motifs is 7. The molecule has 4 aromatic heterocycles. The van der Waals surface area contributed by atoms with E-state index in [0.717, 1.165) is 61.3 Å². The molecule has 0 aliphatic heterocycles. The van der Waals surface area contributed by atoms with Gasteiger partial charge in [0.2, 0.25) is 0 Å². The van der Waals surface area contributed by atoms with Gasteiger partial charge in [-0.05, 0) is 75.3 Å². The summed E-state index contributed by atoms with van der Waals surface area (Å²) in [6.45, 7) is 16.0. The van der Waals surface area contributed by atoms with Gasteiger partial charge in [0.25, 0.3) is 0 Å². The summed E-state index contributed by atoms with van der Waals surface area (Å²) in [5.41, 5.74) is 10.5. The van der Waals surface area contributed by atoms with Gasteiger partial charge in [-0.15, -0.1) is 42.0 Å². The van der Waals surface area contributed by atoms with E-state index in [1.54, 1.807) is 0 Å². The van der Waals surface area contributed by atoms with E-state index in [-0.39, 0.29) is 25.5 Å². The van der Waals surface area contributed by atoms with Crippen LogP contribution >= 0.6 is 11.3 Å². The number of hydrogen-bond donors (Lipinski definition) is 0. The summed E-state index contributed by atoms with van der Waals surface area (Å²) in [5.74, 6) is 0.833. The number of benzene rings is 6. The third kappa shape index (κ3) is 7.19. The van der Waals surface area contributed by atoms with E-state index < -0.39 is 8.07 Å². The maximum atomic E-state index is 6.30. The maximum Gasteiger partial charge on any atom is 0.120 e. The number of rotatable bonds is 4. The first kappa shape index (κ1) is 38.7. The van der Waals surface area contributed by atoms with Crippen LogP contribution in [0.5, 0.6) is 0 Å². The summed E-state index contributed by atoms with van der Waals surface area (Å²) < 4.78 is 11.1. The molecule has 1 radical (unpaired) electrons. The summed E-state index contributed by atoms with van der Waals surface area (Å²) >= 11 is 1.83. The molecule has 0 bridgehead atoms. The molecule has 4 heterocycles. The Labute approximate surface area is 352 Å². The second-order valence-corrected chi connectivity index (χ2v) is 22.7. The zero-order valence-electron chi connectivity index (χ0n) is 33.2. The van der Waals surface area contributed by atoms with Crippen LogP contribution in [0.4, 0.5) is 0 Å². The molecule has 285 valence electrons. The van der Waals surface area contributed by atoms with Crippen LogP contribution in [0.2, 0.25) is 19.6 Å². The molecule has 7 heteroatoms. The molecule has 0 spiro atoms. The monoisotopic (exact) mass is 954 g/mol. The minimum atomic E-state index is -1.34. The average molecular weight is 954 g/mol. The van der Waals surface area contributed by atoms with Crippen LogP contribution in [-0.2, 0) is 25.5 Å². The van der Waals surface area contributed by atoms with E-state index >= 15 is 0 Å². The van der Waals surface area contributed by atoms with E-state index in [2.05, 4.69) is 167 Å². The van der Waals surface area contributed by atoms with Gasteiger partial charge in [0.05, 0.1) is 30.5 Å². The van der Waals surface area contributed by atoms with Crippen molar-refractivity contribution < 1.29 is 24.5 Å². The number of hydrogen-bond acceptors (Lipinski definition) is 4. The van der Waals surface area contributed by atoms with Crippen LogP contribution in [0.25, 0.3) is 81.5 Å². The molecular formula is C50H43IrN3OSSi-2. The van der Waals surface area contributed by atoms with Gasteiger partial charge in [-0.1, -0.05) is 129 Å². The smallest absolute Gasteiger partial charge is 0.120 e. The summed E-state index contributed by atoms with van der Waals surface area (Å²) in [5, 5.41) is 6.25. The molecule has 0 N–H and O–H groups in total. The maximum absolute atomic E-state index is 6.30. The van der Waals surface area contributed by atoms with Gasteiger partial charge in [0, 0.05) is 42.1 Å². The molecule has 0 saturated carbocycles. The van der Waals surface area contributed by atoms with Crippen LogP contribution in [0.15, 0.2) is 138 Å². The number of furan rings is 1. The average Bonchev–Trinajstić information content (AvgIpc) is 3.88. The quantitative estimate of drug-likeness (QED) is 0.130. The Balaban J connectivity index is 0.000000163. The van der Waals surface area contributed by atoms with Crippen molar-refractivity contribution in [2.75, 3.05) is 0 Å². The Morgan fingerprint density at radius 2 is 1.46 bits per heavy atom. The van der Waals surface area contributed by atoms with Crippen LogP contribution < -0.4 is 5.19 Å². The van der Waals surface area contributed by atoms with Crippen molar-refractivity contribution >= 4 is 77.7 Å². The summed E-state index contributed by atoms with van der Waals surface area (Å²) in [6, 6.07) is 51.2. The van der Waals surface area contributed by atoms with E-state index in [0.29, 0.717) is 0 Å². The Kier molecular flexibility index (Phi) is 10.2. The van der Waals surface area contributed by atoms with Gasteiger partial charge < -0.3 is 14.0 Å². The van der Waals surface area contributed by atoms with Gasteiger partial charge in [-0.25, -0.2) is 0 Å². The predicted molar refractivity (Wildman–Crippen MR) is 240 cm³/mol. The number of pyridine rings is 1. The molecule has 0 unspecified atom stereocenters. The molecule has 0 aliphatic rings. The molecular weight excluding hydrogens is 911 g/mol. The van der Waals surface area contributed by atoms with Crippen molar-refractivity contribution in [3.8, 4) is 28.3 Å². The number of aromatic nitrogens is 3. The normalized spacial score (nSPS) is 12.0. The first-order chi connectivity index (χ1) is 26.9. The Morgan fingerprint density at radius 3 is 2.21 bits per heavy atom. The van der Waals surface area contributed by atoms with Crippen molar-refractivity contribution in [3.63, 3.8) is 0 Å². The second-order valence-electron chi connectivity index (χ2n) is 16.6. The first-order valence-electron chi connectivity index (χ1n) is 19.2. The molecule has 57 heavy (non-hydrogen) atoms. The van der Waals surface area contributed by atoms with E-state index in [1.165, 1.54) is 36.5 Å². The van der Waals surface area contributed by atoms with E-state index in [1.807, 2.05) is 41.7 Å². The molecule has 4 nitrogen and oxygen atoms in total. The SMILES string of the molecule is CC(C)(C)c1ccc(-n2c(-c3[c-]ccc4c3oc3ccccc34)nc3ccccc32)cc1.Cc1cc(-c2[c-]cc3sc4ccccc4c3c2)ncc1[Si](C)(C)C.[Ir]. The second kappa shape index (κ2) is 15.0. The number of thiophene rings is 1.